The summed E-state index contributed by atoms with van der Waals surface area (Å²) in [6.45, 7) is 3.00. The number of Topliss-reactive ketones (excluding diaryl/α,β-unsaturated/α-hetero) is 1. The highest BCUT2D eigenvalue weighted by Gasteiger charge is 2.45. The predicted molar refractivity (Wildman–Crippen MR) is 162 cm³/mol. The van der Waals surface area contributed by atoms with Crippen LogP contribution in [0.4, 0.5) is 13.2 Å². The number of nitrogens with two attached hydrogens (primary N) is 1. The second-order valence-corrected chi connectivity index (χ2v) is 11.0. The maximum atomic E-state index is 13.8. The molecule has 13 heteroatoms. The molecule has 0 radical (unpaired) electrons. The number of hydrogen-bond acceptors (Lipinski definition) is 6. The molecule has 0 aliphatic carbocycles. The molecule has 0 aliphatic heterocycles. The first-order valence-corrected chi connectivity index (χ1v) is 14.3. The van der Waals surface area contributed by atoms with E-state index in [4.69, 9.17) is 22.1 Å². The van der Waals surface area contributed by atoms with E-state index in [2.05, 4.69) is 16.0 Å². The number of carbonyl (C=O) groups is 4. The molecule has 3 aromatic rings. The molecule has 0 aliphatic rings. The van der Waals surface area contributed by atoms with Gasteiger partial charge in [-0.2, -0.15) is 13.2 Å². The van der Waals surface area contributed by atoms with Gasteiger partial charge in [0.2, 0.25) is 11.8 Å². The van der Waals surface area contributed by atoms with E-state index in [1.54, 1.807) is 36.4 Å². The number of methoxy groups -OCH3 is 1. The lowest BCUT2D eigenvalue weighted by molar-refractivity contribution is -0.175. The standard InChI is InChI=1S/C32H34ClF3N4O5/c1-18(2)26(28(41)32(34,35)36)39-31(44)27(21-11-13-24(45-3)14-12-21)40-30(43)25(15-19-7-9-20(17-37)10-8-19)38-29(42)22-5-4-6-23(33)16-22/h4-14,16,18,25-27H,15,17,37H2,1-3H3,(H,38,42)(H,39,44)(H,40,43)/t25-,26-,27-/m0/s1. The van der Waals surface area contributed by atoms with Crippen molar-refractivity contribution in [2.75, 3.05) is 7.11 Å². The van der Waals surface area contributed by atoms with Gasteiger partial charge in [0.15, 0.2) is 0 Å². The summed E-state index contributed by atoms with van der Waals surface area (Å²) in [6.07, 6.45) is -5.21. The number of rotatable bonds is 13. The monoisotopic (exact) mass is 646 g/mol. The number of halogens is 4. The minimum Gasteiger partial charge on any atom is -0.497 e. The van der Waals surface area contributed by atoms with Gasteiger partial charge in [0, 0.05) is 23.6 Å². The lowest BCUT2D eigenvalue weighted by atomic mass is 9.97. The Morgan fingerprint density at radius 1 is 0.867 bits per heavy atom. The Bertz CT molecular complexity index is 1500. The average Bonchev–Trinajstić information content (AvgIpc) is 3.01. The summed E-state index contributed by atoms with van der Waals surface area (Å²) in [5.41, 5.74) is 7.54. The Hall–Kier alpha value is -4.42. The summed E-state index contributed by atoms with van der Waals surface area (Å²) >= 11 is 6.04. The molecule has 45 heavy (non-hydrogen) atoms. The minimum atomic E-state index is -5.20. The van der Waals surface area contributed by atoms with Crippen molar-refractivity contribution in [3.8, 4) is 5.75 Å². The molecule has 0 spiro atoms. The summed E-state index contributed by atoms with van der Waals surface area (Å²) < 4.78 is 45.2. The largest absolute Gasteiger partial charge is 0.497 e. The average molecular weight is 647 g/mol. The van der Waals surface area contributed by atoms with Crippen molar-refractivity contribution in [3.05, 3.63) is 100 Å². The van der Waals surface area contributed by atoms with Crippen LogP contribution in [0.25, 0.3) is 0 Å². The summed E-state index contributed by atoms with van der Waals surface area (Å²) in [5.74, 6) is -5.12. The van der Waals surface area contributed by atoms with E-state index in [-0.39, 0.29) is 17.5 Å². The summed E-state index contributed by atoms with van der Waals surface area (Å²) in [4.78, 5) is 52.6. The third kappa shape index (κ3) is 9.79. The van der Waals surface area contributed by atoms with Crippen LogP contribution in [0.2, 0.25) is 5.02 Å². The third-order valence-electron chi connectivity index (χ3n) is 6.93. The number of benzene rings is 3. The van der Waals surface area contributed by atoms with Crippen LogP contribution in [-0.2, 0) is 27.3 Å². The van der Waals surface area contributed by atoms with E-state index in [0.29, 0.717) is 22.9 Å². The molecular formula is C32H34ClF3N4O5. The number of amides is 3. The summed E-state index contributed by atoms with van der Waals surface area (Å²) in [7, 11) is 1.42. The lowest BCUT2D eigenvalue weighted by Gasteiger charge is -2.27. The smallest absolute Gasteiger partial charge is 0.452 e. The van der Waals surface area contributed by atoms with Gasteiger partial charge < -0.3 is 26.4 Å². The first-order chi connectivity index (χ1) is 21.2. The first-order valence-electron chi connectivity index (χ1n) is 13.9. The summed E-state index contributed by atoms with van der Waals surface area (Å²) in [5, 5.41) is 7.68. The van der Waals surface area contributed by atoms with Crippen molar-refractivity contribution in [3.63, 3.8) is 0 Å². The molecule has 0 unspecified atom stereocenters. The van der Waals surface area contributed by atoms with Gasteiger partial charge in [0.1, 0.15) is 17.8 Å². The molecule has 0 heterocycles. The van der Waals surface area contributed by atoms with Gasteiger partial charge in [-0.25, -0.2) is 0 Å². The number of hydrogen-bond donors (Lipinski definition) is 4. The fourth-order valence-corrected chi connectivity index (χ4v) is 4.61. The molecule has 0 saturated heterocycles. The normalized spacial score (nSPS) is 13.4. The topological polar surface area (TPSA) is 140 Å². The zero-order chi connectivity index (χ0) is 33.3. The lowest BCUT2D eigenvalue weighted by Crippen LogP contribution is -2.55. The fraction of sp³-hybridized carbons (Fsp3) is 0.312. The molecule has 0 bridgehead atoms. The number of nitrogens with one attached hydrogen (secondary N) is 3. The van der Waals surface area contributed by atoms with Crippen LogP contribution >= 0.6 is 11.6 Å². The number of ether oxygens (including phenoxy) is 1. The molecule has 240 valence electrons. The third-order valence-corrected chi connectivity index (χ3v) is 7.17. The van der Waals surface area contributed by atoms with Crippen LogP contribution in [0.5, 0.6) is 5.75 Å². The van der Waals surface area contributed by atoms with Gasteiger partial charge in [-0.15, -0.1) is 0 Å². The van der Waals surface area contributed by atoms with E-state index < -0.39 is 53.7 Å². The van der Waals surface area contributed by atoms with Gasteiger partial charge in [0.25, 0.3) is 11.7 Å². The highest BCUT2D eigenvalue weighted by Crippen LogP contribution is 2.23. The Labute approximate surface area is 263 Å². The van der Waals surface area contributed by atoms with E-state index in [1.807, 2.05) is 0 Å². The van der Waals surface area contributed by atoms with E-state index in [0.717, 1.165) is 5.56 Å². The minimum absolute atomic E-state index is 0.0128. The predicted octanol–water partition coefficient (Wildman–Crippen LogP) is 4.28. The molecule has 3 atom stereocenters. The number of alkyl halides is 3. The molecule has 0 fully saturated rings. The Morgan fingerprint density at radius 3 is 2.02 bits per heavy atom. The second-order valence-electron chi connectivity index (χ2n) is 10.6. The Balaban J connectivity index is 1.97. The van der Waals surface area contributed by atoms with Gasteiger partial charge in [-0.05, 0) is 52.9 Å². The number of ketones is 1. The van der Waals surface area contributed by atoms with Crippen LogP contribution in [0, 0.1) is 5.92 Å². The number of carbonyl (C=O) groups excluding carboxylic acids is 4. The molecule has 3 amide bonds. The van der Waals surface area contributed by atoms with Crippen molar-refractivity contribution < 1.29 is 37.1 Å². The second kappa shape index (κ2) is 15.5. The van der Waals surface area contributed by atoms with Crippen molar-refractivity contribution in [1.29, 1.82) is 0 Å². The van der Waals surface area contributed by atoms with Crippen molar-refractivity contribution in [1.82, 2.24) is 16.0 Å². The van der Waals surface area contributed by atoms with Gasteiger partial charge in [-0.3, -0.25) is 19.2 Å². The molecule has 0 aromatic heterocycles. The SMILES string of the molecule is COc1ccc([C@H](NC(=O)[C@H](Cc2ccc(CN)cc2)NC(=O)c2cccc(Cl)c2)C(=O)N[C@H](C(=O)C(F)(F)F)C(C)C)cc1. The van der Waals surface area contributed by atoms with Gasteiger partial charge in [-0.1, -0.05) is 67.9 Å². The summed E-state index contributed by atoms with van der Waals surface area (Å²) in [6, 6.07) is 14.3. The Kier molecular flexibility index (Phi) is 12.1. The van der Waals surface area contributed by atoms with Crippen molar-refractivity contribution >= 4 is 35.1 Å². The van der Waals surface area contributed by atoms with E-state index in [9.17, 15) is 32.3 Å². The van der Waals surface area contributed by atoms with Crippen LogP contribution in [-0.4, -0.2) is 48.9 Å². The molecule has 5 N–H and O–H groups in total. The van der Waals surface area contributed by atoms with Crippen LogP contribution in [0.1, 0.15) is 46.9 Å². The van der Waals surface area contributed by atoms with Gasteiger partial charge >= 0.3 is 6.18 Å². The highest BCUT2D eigenvalue weighted by molar-refractivity contribution is 6.31. The molecule has 0 saturated carbocycles. The van der Waals surface area contributed by atoms with E-state index >= 15 is 0 Å². The van der Waals surface area contributed by atoms with Crippen LogP contribution < -0.4 is 26.4 Å². The fourth-order valence-electron chi connectivity index (χ4n) is 4.42. The quantitative estimate of drug-likeness (QED) is 0.219. The van der Waals surface area contributed by atoms with Gasteiger partial charge in [0.05, 0.1) is 13.2 Å². The van der Waals surface area contributed by atoms with Crippen LogP contribution in [0.15, 0.2) is 72.8 Å². The molecular weight excluding hydrogens is 613 g/mol. The maximum absolute atomic E-state index is 13.8. The molecule has 9 nitrogen and oxygen atoms in total. The highest BCUT2D eigenvalue weighted by atomic mass is 35.5. The zero-order valence-electron chi connectivity index (χ0n) is 24.8. The van der Waals surface area contributed by atoms with Crippen molar-refractivity contribution in [2.45, 2.75) is 51.1 Å². The first kappa shape index (κ1) is 35.1. The maximum Gasteiger partial charge on any atom is 0.452 e. The molecule has 3 rings (SSSR count). The zero-order valence-corrected chi connectivity index (χ0v) is 25.5. The Morgan fingerprint density at radius 2 is 1.49 bits per heavy atom. The molecule has 3 aromatic carbocycles. The van der Waals surface area contributed by atoms with Crippen molar-refractivity contribution in [2.24, 2.45) is 11.7 Å². The van der Waals surface area contributed by atoms with E-state index in [1.165, 1.54) is 57.4 Å². The van der Waals surface area contributed by atoms with Crippen LogP contribution in [0.3, 0.4) is 0 Å².